The third-order valence-electron chi connectivity index (χ3n) is 5.16. The number of amides is 1. The van der Waals surface area contributed by atoms with Crippen LogP contribution in [0.1, 0.15) is 28.9 Å². The van der Waals surface area contributed by atoms with E-state index in [0.717, 1.165) is 18.2 Å². The summed E-state index contributed by atoms with van der Waals surface area (Å²) in [5.41, 5.74) is 6.20. The Labute approximate surface area is 176 Å². The maximum Gasteiger partial charge on any atom is 0.248 e. The first-order chi connectivity index (χ1) is 14.8. The zero-order valence-corrected chi connectivity index (χ0v) is 16.8. The highest BCUT2D eigenvalue weighted by Gasteiger charge is 2.21. The standard InChI is InChI=1S/C22H21F2N3O4/c1-12(26-16-9-14(23)8-15(24)10-16)17-6-13(22(25)29)7-18-19(28)11-20(31-21(17)18)27-2-4-30-5-3-27/h6-12,26H,2-5H2,1H3,(H2,25,29). The van der Waals surface area contributed by atoms with Gasteiger partial charge in [0.25, 0.3) is 0 Å². The van der Waals surface area contributed by atoms with Crippen molar-refractivity contribution in [2.24, 2.45) is 5.73 Å². The van der Waals surface area contributed by atoms with E-state index in [0.29, 0.717) is 37.8 Å². The second-order valence-corrected chi connectivity index (χ2v) is 7.38. The number of hydrogen-bond acceptors (Lipinski definition) is 6. The van der Waals surface area contributed by atoms with Crippen LogP contribution in [0.2, 0.25) is 0 Å². The number of fused-ring (bicyclic) bond motifs is 1. The van der Waals surface area contributed by atoms with Gasteiger partial charge in [0.2, 0.25) is 5.91 Å². The molecule has 0 bridgehead atoms. The van der Waals surface area contributed by atoms with Gasteiger partial charge in [0.1, 0.15) is 17.2 Å². The van der Waals surface area contributed by atoms with Crippen LogP contribution in [-0.4, -0.2) is 32.2 Å². The van der Waals surface area contributed by atoms with Crippen LogP contribution in [0, 0.1) is 11.6 Å². The molecule has 3 aromatic rings. The number of nitrogens with one attached hydrogen (secondary N) is 1. The van der Waals surface area contributed by atoms with Gasteiger partial charge in [-0.05, 0) is 31.2 Å². The number of halogens is 2. The van der Waals surface area contributed by atoms with Crippen LogP contribution in [-0.2, 0) is 4.74 Å². The molecule has 2 aromatic carbocycles. The predicted molar refractivity (Wildman–Crippen MR) is 112 cm³/mol. The Bertz CT molecular complexity index is 1190. The van der Waals surface area contributed by atoms with Gasteiger partial charge in [-0.25, -0.2) is 8.78 Å². The fourth-order valence-electron chi connectivity index (χ4n) is 3.64. The fourth-order valence-corrected chi connectivity index (χ4v) is 3.64. The number of hydrogen-bond donors (Lipinski definition) is 2. The van der Waals surface area contributed by atoms with Crippen molar-refractivity contribution in [2.45, 2.75) is 13.0 Å². The van der Waals surface area contributed by atoms with Gasteiger partial charge < -0.3 is 25.1 Å². The van der Waals surface area contributed by atoms with Crippen molar-refractivity contribution < 1.29 is 22.7 Å². The molecule has 162 valence electrons. The molecule has 3 N–H and O–H groups in total. The molecule has 1 amide bonds. The second-order valence-electron chi connectivity index (χ2n) is 7.38. The van der Waals surface area contributed by atoms with Crippen molar-refractivity contribution in [3.05, 3.63) is 69.4 Å². The lowest BCUT2D eigenvalue weighted by Crippen LogP contribution is -2.36. The molecule has 1 atom stereocenters. The van der Waals surface area contributed by atoms with Gasteiger partial charge in [0.05, 0.1) is 24.6 Å². The van der Waals surface area contributed by atoms with Crippen LogP contribution in [0.15, 0.2) is 45.6 Å². The van der Waals surface area contributed by atoms with E-state index in [9.17, 15) is 18.4 Å². The lowest BCUT2D eigenvalue weighted by atomic mass is 10.00. The van der Waals surface area contributed by atoms with Crippen LogP contribution in [0.25, 0.3) is 11.0 Å². The number of nitrogens with two attached hydrogens (primary N) is 1. The van der Waals surface area contributed by atoms with Gasteiger partial charge in [0.15, 0.2) is 11.3 Å². The van der Waals surface area contributed by atoms with Crippen LogP contribution >= 0.6 is 0 Å². The molecule has 31 heavy (non-hydrogen) atoms. The molecule has 1 aromatic heterocycles. The molecule has 0 saturated carbocycles. The number of nitrogens with zero attached hydrogens (tertiary/aromatic N) is 1. The number of rotatable bonds is 5. The van der Waals surface area contributed by atoms with Crippen LogP contribution in [0.3, 0.4) is 0 Å². The number of carbonyl (C=O) groups is 1. The summed E-state index contributed by atoms with van der Waals surface area (Å²) in [6.45, 7) is 3.89. The number of ether oxygens (including phenoxy) is 1. The Morgan fingerprint density at radius 3 is 2.42 bits per heavy atom. The zero-order chi connectivity index (χ0) is 22.1. The van der Waals surface area contributed by atoms with E-state index >= 15 is 0 Å². The maximum atomic E-state index is 13.6. The molecule has 0 aliphatic carbocycles. The van der Waals surface area contributed by atoms with Crippen LogP contribution in [0.4, 0.5) is 20.4 Å². The summed E-state index contributed by atoms with van der Waals surface area (Å²) in [5, 5.41) is 3.19. The van der Waals surface area contributed by atoms with E-state index in [2.05, 4.69) is 5.32 Å². The third kappa shape index (κ3) is 4.36. The maximum absolute atomic E-state index is 13.6. The Balaban J connectivity index is 1.83. The van der Waals surface area contributed by atoms with E-state index in [-0.39, 0.29) is 27.6 Å². The molecule has 1 aliphatic rings. The molecule has 0 radical (unpaired) electrons. The third-order valence-corrected chi connectivity index (χ3v) is 5.16. The summed E-state index contributed by atoms with van der Waals surface area (Å²) in [5.74, 6) is -1.78. The van der Waals surface area contributed by atoms with E-state index in [1.807, 2.05) is 4.90 Å². The fraction of sp³-hybridized carbons (Fsp3) is 0.273. The molecule has 9 heteroatoms. The Morgan fingerprint density at radius 2 is 1.77 bits per heavy atom. The summed E-state index contributed by atoms with van der Waals surface area (Å²) < 4.78 is 38.6. The molecule has 2 heterocycles. The zero-order valence-electron chi connectivity index (χ0n) is 16.8. The monoisotopic (exact) mass is 429 g/mol. The number of morpholine rings is 1. The number of carbonyl (C=O) groups excluding carboxylic acids is 1. The second kappa shape index (κ2) is 8.35. The largest absolute Gasteiger partial charge is 0.440 e. The Morgan fingerprint density at radius 1 is 1.10 bits per heavy atom. The van der Waals surface area contributed by atoms with Crippen LogP contribution < -0.4 is 21.4 Å². The molecular weight excluding hydrogens is 408 g/mol. The number of anilines is 2. The van der Waals surface area contributed by atoms with Gasteiger partial charge in [-0.1, -0.05) is 0 Å². The number of benzene rings is 2. The SMILES string of the molecule is CC(Nc1cc(F)cc(F)c1)c1cc(C(N)=O)cc2c(=O)cc(N3CCOCC3)oc12. The van der Waals surface area contributed by atoms with Crippen molar-refractivity contribution in [1.82, 2.24) is 0 Å². The van der Waals surface area contributed by atoms with Crippen molar-refractivity contribution in [3.63, 3.8) is 0 Å². The summed E-state index contributed by atoms with van der Waals surface area (Å²) in [6, 6.07) is 6.79. The van der Waals surface area contributed by atoms with Crippen molar-refractivity contribution >= 4 is 28.4 Å². The first-order valence-electron chi connectivity index (χ1n) is 9.79. The van der Waals surface area contributed by atoms with E-state index < -0.39 is 23.6 Å². The minimum Gasteiger partial charge on any atom is -0.440 e. The smallest absolute Gasteiger partial charge is 0.248 e. The highest BCUT2D eigenvalue weighted by atomic mass is 19.1. The lowest BCUT2D eigenvalue weighted by Gasteiger charge is -2.27. The molecule has 7 nitrogen and oxygen atoms in total. The van der Waals surface area contributed by atoms with Gasteiger partial charge in [-0.3, -0.25) is 9.59 Å². The van der Waals surface area contributed by atoms with E-state index in [4.69, 9.17) is 14.9 Å². The summed E-state index contributed by atoms with van der Waals surface area (Å²) in [6.07, 6.45) is 0. The first kappa shape index (κ1) is 20.8. The molecule has 1 unspecified atom stereocenters. The molecule has 4 rings (SSSR count). The summed E-state index contributed by atoms with van der Waals surface area (Å²) in [7, 11) is 0. The topological polar surface area (TPSA) is 97.8 Å². The molecular formula is C22H21F2N3O4. The minimum atomic E-state index is -0.730. The Hall–Kier alpha value is -3.46. The van der Waals surface area contributed by atoms with Gasteiger partial charge >= 0.3 is 0 Å². The average molecular weight is 429 g/mol. The normalized spacial score (nSPS) is 15.1. The van der Waals surface area contributed by atoms with Gasteiger partial charge in [-0.2, -0.15) is 0 Å². The summed E-state index contributed by atoms with van der Waals surface area (Å²) in [4.78, 5) is 26.6. The molecule has 1 aliphatic heterocycles. The van der Waals surface area contributed by atoms with Gasteiger partial charge in [0, 0.05) is 42.0 Å². The van der Waals surface area contributed by atoms with Crippen molar-refractivity contribution in [1.29, 1.82) is 0 Å². The molecule has 0 spiro atoms. The molecule has 1 saturated heterocycles. The summed E-state index contributed by atoms with van der Waals surface area (Å²) >= 11 is 0. The highest BCUT2D eigenvalue weighted by molar-refractivity contribution is 5.98. The quantitative estimate of drug-likeness (QED) is 0.647. The first-order valence-corrected chi connectivity index (χ1v) is 9.79. The number of primary amides is 1. The van der Waals surface area contributed by atoms with Gasteiger partial charge in [-0.15, -0.1) is 0 Å². The molecule has 1 fully saturated rings. The lowest BCUT2D eigenvalue weighted by molar-refractivity contribution is 0.1000. The predicted octanol–water partition coefficient (Wildman–Crippen LogP) is 3.18. The van der Waals surface area contributed by atoms with E-state index in [1.54, 1.807) is 6.92 Å². The van der Waals surface area contributed by atoms with Crippen molar-refractivity contribution in [3.8, 4) is 0 Å². The average Bonchev–Trinajstić information content (AvgIpc) is 2.72. The van der Waals surface area contributed by atoms with Crippen molar-refractivity contribution in [2.75, 3.05) is 36.5 Å². The van der Waals surface area contributed by atoms with Crippen LogP contribution in [0.5, 0.6) is 0 Å². The highest BCUT2D eigenvalue weighted by Crippen LogP contribution is 2.30. The minimum absolute atomic E-state index is 0.132. The van der Waals surface area contributed by atoms with E-state index in [1.165, 1.54) is 18.2 Å². The Kier molecular flexibility index (Phi) is 5.60.